The first-order chi connectivity index (χ1) is 15.0. The van der Waals surface area contributed by atoms with Gasteiger partial charge in [0.1, 0.15) is 5.82 Å². The zero-order valence-electron chi connectivity index (χ0n) is 19.9. The SMILES string of the molecule is C=C(c1cnn2c1NC(C1CCCCC1)CC2(C)C)N1CCC(N2CCCCC2)CC1. The first kappa shape index (κ1) is 21.4. The van der Waals surface area contributed by atoms with Gasteiger partial charge >= 0.3 is 0 Å². The molecule has 4 heterocycles. The fourth-order valence-electron chi connectivity index (χ4n) is 6.78. The van der Waals surface area contributed by atoms with E-state index in [9.17, 15) is 0 Å². The lowest BCUT2D eigenvalue weighted by molar-refractivity contribution is 0.112. The van der Waals surface area contributed by atoms with Gasteiger partial charge in [0.2, 0.25) is 0 Å². The van der Waals surface area contributed by atoms with E-state index in [1.807, 2.05) is 0 Å². The second-order valence-corrected chi connectivity index (χ2v) is 11.2. The molecule has 0 spiro atoms. The van der Waals surface area contributed by atoms with Crippen molar-refractivity contribution in [1.82, 2.24) is 19.6 Å². The van der Waals surface area contributed by atoms with Crippen LogP contribution in [-0.2, 0) is 5.54 Å². The second-order valence-electron chi connectivity index (χ2n) is 11.2. The molecule has 4 aliphatic rings. The molecule has 1 unspecified atom stereocenters. The van der Waals surface area contributed by atoms with Gasteiger partial charge in [0.05, 0.1) is 17.3 Å². The summed E-state index contributed by atoms with van der Waals surface area (Å²) in [6, 6.07) is 1.34. The Hall–Kier alpha value is -1.49. The minimum absolute atomic E-state index is 0.0580. The van der Waals surface area contributed by atoms with Gasteiger partial charge in [-0.1, -0.05) is 32.3 Å². The number of rotatable bonds is 4. The van der Waals surface area contributed by atoms with Gasteiger partial charge in [-0.05, 0) is 77.8 Å². The van der Waals surface area contributed by atoms with Gasteiger partial charge in [-0.2, -0.15) is 5.10 Å². The standard InChI is InChI=1S/C26H43N5/c1-20(29-16-12-22(13-17-29)30-14-8-5-9-15-30)23-19-27-31-25(23)28-24(18-26(31,2)3)21-10-6-4-7-11-21/h19,21-22,24,28H,1,4-18H2,2-3H3. The molecule has 5 heteroatoms. The van der Waals surface area contributed by atoms with Gasteiger partial charge < -0.3 is 15.1 Å². The van der Waals surface area contributed by atoms with E-state index in [4.69, 9.17) is 5.10 Å². The maximum atomic E-state index is 4.85. The lowest BCUT2D eigenvalue weighted by Crippen LogP contribution is -2.46. The normalized spacial score (nSPS) is 28.2. The fourth-order valence-corrected chi connectivity index (χ4v) is 6.78. The molecule has 3 fully saturated rings. The Labute approximate surface area is 189 Å². The van der Waals surface area contributed by atoms with Crippen LogP contribution in [0, 0.1) is 5.92 Å². The van der Waals surface area contributed by atoms with E-state index < -0.39 is 0 Å². The minimum atomic E-state index is 0.0580. The number of nitrogens with zero attached hydrogens (tertiary/aromatic N) is 4. The third-order valence-corrected chi connectivity index (χ3v) is 8.67. The van der Waals surface area contributed by atoms with Crippen LogP contribution in [0.2, 0.25) is 0 Å². The van der Waals surface area contributed by atoms with E-state index in [1.165, 1.54) is 101 Å². The summed E-state index contributed by atoms with van der Waals surface area (Å²) >= 11 is 0. The van der Waals surface area contributed by atoms with E-state index in [0.717, 1.165) is 25.0 Å². The van der Waals surface area contributed by atoms with Crippen LogP contribution in [0.3, 0.4) is 0 Å². The summed E-state index contributed by atoms with van der Waals surface area (Å²) in [4.78, 5) is 5.28. The highest BCUT2D eigenvalue weighted by molar-refractivity contribution is 5.72. The number of anilines is 1. The summed E-state index contributed by atoms with van der Waals surface area (Å²) in [6.45, 7) is 14.2. The lowest BCUT2D eigenvalue weighted by atomic mass is 9.78. The number of likely N-dealkylation sites (tertiary alicyclic amines) is 2. The quantitative estimate of drug-likeness (QED) is 0.710. The van der Waals surface area contributed by atoms with Crippen molar-refractivity contribution in [2.24, 2.45) is 5.92 Å². The van der Waals surface area contributed by atoms with Crippen molar-refractivity contribution in [3.63, 3.8) is 0 Å². The predicted molar refractivity (Wildman–Crippen MR) is 129 cm³/mol. The molecule has 0 amide bonds. The highest BCUT2D eigenvalue weighted by Crippen LogP contribution is 2.41. The second kappa shape index (κ2) is 8.80. The molecule has 1 aromatic rings. The Morgan fingerprint density at radius 2 is 1.65 bits per heavy atom. The molecule has 5 nitrogen and oxygen atoms in total. The zero-order valence-corrected chi connectivity index (χ0v) is 19.9. The van der Waals surface area contributed by atoms with Crippen molar-refractivity contribution in [3.8, 4) is 0 Å². The van der Waals surface area contributed by atoms with Crippen LogP contribution in [0.1, 0.15) is 90.0 Å². The van der Waals surface area contributed by atoms with Gasteiger partial charge in [0.15, 0.2) is 0 Å². The Balaban J connectivity index is 1.28. The maximum absolute atomic E-state index is 4.85. The largest absolute Gasteiger partial charge is 0.371 e. The number of aromatic nitrogens is 2. The summed E-state index contributed by atoms with van der Waals surface area (Å²) < 4.78 is 2.24. The summed E-state index contributed by atoms with van der Waals surface area (Å²) in [6.07, 6.45) is 16.9. The van der Waals surface area contributed by atoms with Crippen molar-refractivity contribution >= 4 is 11.5 Å². The van der Waals surface area contributed by atoms with E-state index >= 15 is 0 Å². The van der Waals surface area contributed by atoms with Crippen molar-refractivity contribution in [2.45, 2.75) is 102 Å². The molecule has 1 N–H and O–H groups in total. The number of hydrogen-bond donors (Lipinski definition) is 1. The molecule has 5 rings (SSSR count). The predicted octanol–water partition coefficient (Wildman–Crippen LogP) is 5.30. The Morgan fingerprint density at radius 3 is 2.35 bits per heavy atom. The molecule has 0 aromatic carbocycles. The van der Waals surface area contributed by atoms with Gasteiger partial charge in [-0.3, -0.25) is 0 Å². The van der Waals surface area contributed by atoms with Crippen LogP contribution in [-0.4, -0.2) is 57.8 Å². The first-order valence-corrected chi connectivity index (χ1v) is 13.1. The molecule has 0 bridgehead atoms. The van der Waals surface area contributed by atoms with Crippen LogP contribution in [0.4, 0.5) is 5.82 Å². The molecule has 0 radical (unpaired) electrons. The summed E-state index contributed by atoms with van der Waals surface area (Å²) in [5, 5.41) is 8.81. The van der Waals surface area contributed by atoms with E-state index in [2.05, 4.69) is 46.4 Å². The van der Waals surface area contributed by atoms with Crippen LogP contribution >= 0.6 is 0 Å². The molecule has 1 saturated carbocycles. The Bertz CT molecular complexity index is 761. The average Bonchev–Trinajstić information content (AvgIpc) is 3.25. The Morgan fingerprint density at radius 1 is 0.968 bits per heavy atom. The third kappa shape index (κ3) is 4.27. The third-order valence-electron chi connectivity index (χ3n) is 8.67. The van der Waals surface area contributed by atoms with Crippen molar-refractivity contribution in [3.05, 3.63) is 18.3 Å². The Kier molecular flexibility index (Phi) is 6.07. The molecule has 1 aromatic heterocycles. The van der Waals surface area contributed by atoms with E-state index in [0.29, 0.717) is 6.04 Å². The fraction of sp³-hybridized carbons (Fsp3) is 0.808. The first-order valence-electron chi connectivity index (χ1n) is 13.1. The molecule has 172 valence electrons. The number of fused-ring (bicyclic) bond motifs is 1. The summed E-state index contributed by atoms with van der Waals surface area (Å²) in [5.74, 6) is 2.02. The van der Waals surface area contributed by atoms with Crippen LogP contribution in [0.25, 0.3) is 5.70 Å². The molecule has 31 heavy (non-hydrogen) atoms. The smallest absolute Gasteiger partial charge is 0.134 e. The van der Waals surface area contributed by atoms with Gasteiger partial charge in [0, 0.05) is 30.9 Å². The number of hydrogen-bond acceptors (Lipinski definition) is 4. The zero-order chi connectivity index (χ0) is 21.4. The molecule has 1 aliphatic carbocycles. The van der Waals surface area contributed by atoms with E-state index in [1.54, 1.807) is 0 Å². The minimum Gasteiger partial charge on any atom is -0.371 e. The van der Waals surface area contributed by atoms with Gasteiger partial charge in [-0.25, -0.2) is 4.68 Å². The molecule has 2 saturated heterocycles. The van der Waals surface area contributed by atoms with Crippen molar-refractivity contribution in [2.75, 3.05) is 31.5 Å². The van der Waals surface area contributed by atoms with E-state index in [-0.39, 0.29) is 5.54 Å². The topological polar surface area (TPSA) is 36.3 Å². The average molecular weight is 426 g/mol. The summed E-state index contributed by atoms with van der Waals surface area (Å²) in [7, 11) is 0. The lowest BCUT2D eigenvalue weighted by Gasteiger charge is -2.43. The van der Waals surface area contributed by atoms with Crippen molar-refractivity contribution in [1.29, 1.82) is 0 Å². The van der Waals surface area contributed by atoms with Crippen LogP contribution < -0.4 is 5.32 Å². The highest BCUT2D eigenvalue weighted by atomic mass is 15.4. The number of piperidine rings is 2. The van der Waals surface area contributed by atoms with Gasteiger partial charge in [-0.15, -0.1) is 0 Å². The summed E-state index contributed by atoms with van der Waals surface area (Å²) in [5.41, 5.74) is 2.46. The van der Waals surface area contributed by atoms with Crippen molar-refractivity contribution < 1.29 is 0 Å². The monoisotopic (exact) mass is 425 g/mol. The molecular weight excluding hydrogens is 382 g/mol. The van der Waals surface area contributed by atoms with Crippen LogP contribution in [0.15, 0.2) is 12.8 Å². The maximum Gasteiger partial charge on any atom is 0.134 e. The molecular formula is C26H43N5. The number of nitrogens with one attached hydrogen (secondary N) is 1. The van der Waals surface area contributed by atoms with Gasteiger partial charge in [0.25, 0.3) is 0 Å². The highest BCUT2D eigenvalue weighted by Gasteiger charge is 2.39. The molecule has 1 atom stereocenters. The van der Waals surface area contributed by atoms with Crippen LogP contribution in [0.5, 0.6) is 0 Å². The molecule has 3 aliphatic heterocycles.